The predicted molar refractivity (Wildman–Crippen MR) is 101 cm³/mol. The summed E-state index contributed by atoms with van der Waals surface area (Å²) in [6.07, 6.45) is 0. The quantitative estimate of drug-likeness (QED) is 0.635. The number of hydrogen-bond donors (Lipinski definition) is 1. The molecule has 0 radical (unpaired) electrons. The Kier molecular flexibility index (Phi) is 5.75. The number of anilines is 1. The van der Waals surface area contributed by atoms with Crippen LogP contribution in [0, 0.1) is 12.7 Å². The summed E-state index contributed by atoms with van der Waals surface area (Å²) in [6.45, 7) is 3.64. The van der Waals surface area contributed by atoms with E-state index in [1.807, 2.05) is 19.1 Å². The molecule has 1 heterocycles. The fourth-order valence-electron chi connectivity index (χ4n) is 2.36. The second-order valence-corrected chi connectivity index (χ2v) is 7.10. The second kappa shape index (κ2) is 8.22. The number of aromatic nitrogens is 2. The minimum atomic E-state index is -0.510. The van der Waals surface area contributed by atoms with Gasteiger partial charge in [0.05, 0.1) is 23.6 Å². The van der Waals surface area contributed by atoms with E-state index >= 15 is 0 Å². The number of amides is 1. The van der Waals surface area contributed by atoms with Crippen molar-refractivity contribution in [3.8, 4) is 17.2 Å². The number of thioether (sulfide) groups is 1. The van der Waals surface area contributed by atoms with E-state index in [1.165, 1.54) is 6.07 Å². The Balaban J connectivity index is 1.69. The molecule has 0 aliphatic carbocycles. The number of nitrogens with one attached hydrogen (secondary N) is 1. The molecule has 0 bridgehead atoms. The van der Waals surface area contributed by atoms with Gasteiger partial charge in [-0.2, -0.15) is 0 Å². The highest BCUT2D eigenvalue weighted by molar-refractivity contribution is 8.00. The molecule has 0 spiro atoms. The fraction of sp³-hybridized carbons (Fsp3) is 0.211. The number of ether oxygens (including phenoxy) is 1. The number of carbonyl (C=O) groups is 1. The molecular weight excluding hydrogens is 369 g/mol. The fourth-order valence-corrected chi connectivity index (χ4v) is 3.04. The summed E-state index contributed by atoms with van der Waals surface area (Å²) in [5.41, 5.74) is 1.81. The zero-order chi connectivity index (χ0) is 19.4. The van der Waals surface area contributed by atoms with Crippen molar-refractivity contribution in [2.75, 3.05) is 12.4 Å². The molecule has 1 aromatic heterocycles. The van der Waals surface area contributed by atoms with Gasteiger partial charge in [-0.05, 0) is 43.7 Å². The second-order valence-electron chi connectivity index (χ2n) is 5.81. The van der Waals surface area contributed by atoms with Gasteiger partial charge in [0.2, 0.25) is 5.91 Å². The van der Waals surface area contributed by atoms with Crippen molar-refractivity contribution in [1.82, 2.24) is 10.2 Å². The summed E-state index contributed by atoms with van der Waals surface area (Å²) in [4.78, 5) is 12.5. The first-order chi connectivity index (χ1) is 13.0. The number of aryl methyl sites for hydroxylation is 1. The molecule has 0 unspecified atom stereocenters. The van der Waals surface area contributed by atoms with E-state index in [1.54, 1.807) is 38.3 Å². The van der Waals surface area contributed by atoms with E-state index in [-0.39, 0.29) is 22.6 Å². The average Bonchev–Trinajstić information content (AvgIpc) is 3.10. The van der Waals surface area contributed by atoms with Crippen LogP contribution in [0.2, 0.25) is 0 Å². The van der Waals surface area contributed by atoms with Crippen molar-refractivity contribution in [3.63, 3.8) is 0 Å². The highest BCUT2D eigenvalue weighted by atomic mass is 32.2. The van der Waals surface area contributed by atoms with Gasteiger partial charge in [0.25, 0.3) is 11.1 Å². The molecule has 1 N–H and O–H groups in total. The molecule has 0 saturated carbocycles. The van der Waals surface area contributed by atoms with Gasteiger partial charge in [-0.1, -0.05) is 30.0 Å². The van der Waals surface area contributed by atoms with E-state index < -0.39 is 11.1 Å². The van der Waals surface area contributed by atoms with Crippen molar-refractivity contribution in [2.24, 2.45) is 0 Å². The average molecular weight is 387 g/mol. The highest BCUT2D eigenvalue weighted by Crippen LogP contribution is 2.29. The van der Waals surface area contributed by atoms with Crippen LogP contribution >= 0.6 is 11.8 Å². The van der Waals surface area contributed by atoms with Crippen LogP contribution in [0.3, 0.4) is 0 Å². The number of rotatable bonds is 6. The Labute approximate surface area is 160 Å². The van der Waals surface area contributed by atoms with Gasteiger partial charge in [-0.3, -0.25) is 4.79 Å². The zero-order valence-electron chi connectivity index (χ0n) is 15.0. The molecule has 3 aromatic rings. The molecule has 1 amide bonds. The van der Waals surface area contributed by atoms with Crippen molar-refractivity contribution >= 4 is 23.4 Å². The van der Waals surface area contributed by atoms with Crippen LogP contribution in [0.1, 0.15) is 12.5 Å². The van der Waals surface area contributed by atoms with Crippen LogP contribution in [0.4, 0.5) is 10.1 Å². The number of carbonyl (C=O) groups excluding carboxylic acids is 1. The third-order valence-corrected chi connectivity index (χ3v) is 4.70. The minimum absolute atomic E-state index is 0.0727. The van der Waals surface area contributed by atoms with Crippen LogP contribution in [-0.2, 0) is 4.79 Å². The molecule has 3 rings (SSSR count). The normalized spacial score (nSPS) is 11.9. The lowest BCUT2D eigenvalue weighted by atomic mass is 10.2. The van der Waals surface area contributed by atoms with Crippen LogP contribution in [0.5, 0.6) is 5.75 Å². The molecule has 1 atom stereocenters. The van der Waals surface area contributed by atoms with Gasteiger partial charge in [0.1, 0.15) is 11.6 Å². The van der Waals surface area contributed by atoms with Gasteiger partial charge in [0, 0.05) is 0 Å². The van der Waals surface area contributed by atoms with Gasteiger partial charge in [-0.15, -0.1) is 10.2 Å². The third-order valence-electron chi connectivity index (χ3n) is 3.77. The van der Waals surface area contributed by atoms with Crippen molar-refractivity contribution in [2.45, 2.75) is 24.3 Å². The smallest absolute Gasteiger partial charge is 0.277 e. The molecule has 2 aromatic carbocycles. The summed E-state index contributed by atoms with van der Waals surface area (Å²) >= 11 is 1.09. The first-order valence-electron chi connectivity index (χ1n) is 8.18. The molecule has 27 heavy (non-hydrogen) atoms. The van der Waals surface area contributed by atoms with E-state index in [0.29, 0.717) is 11.4 Å². The Bertz CT molecular complexity index is 961. The monoisotopic (exact) mass is 387 g/mol. The SMILES string of the molecule is COc1ccc(C)cc1NC(=O)[C@H](C)Sc1nnc(-c2ccccc2F)o1. The first kappa shape index (κ1) is 18.9. The van der Waals surface area contributed by atoms with E-state index in [0.717, 1.165) is 17.3 Å². The number of hydrogen-bond acceptors (Lipinski definition) is 6. The maximum atomic E-state index is 13.8. The summed E-state index contributed by atoms with van der Waals surface area (Å²) in [7, 11) is 1.54. The van der Waals surface area contributed by atoms with Crippen LogP contribution in [0.25, 0.3) is 11.5 Å². The van der Waals surface area contributed by atoms with Crippen molar-refractivity contribution in [3.05, 3.63) is 53.8 Å². The summed E-state index contributed by atoms with van der Waals surface area (Å²) < 4.78 is 24.6. The maximum absolute atomic E-state index is 13.8. The number of nitrogens with zero attached hydrogens (tertiary/aromatic N) is 2. The Morgan fingerprint density at radius 2 is 2.04 bits per heavy atom. The Morgan fingerprint density at radius 3 is 2.78 bits per heavy atom. The molecule has 8 heteroatoms. The lowest BCUT2D eigenvalue weighted by Crippen LogP contribution is -2.22. The first-order valence-corrected chi connectivity index (χ1v) is 9.06. The molecule has 0 saturated heterocycles. The molecule has 0 aliphatic rings. The highest BCUT2D eigenvalue weighted by Gasteiger charge is 2.20. The van der Waals surface area contributed by atoms with E-state index in [4.69, 9.17) is 9.15 Å². The lowest BCUT2D eigenvalue weighted by Gasteiger charge is -2.13. The lowest BCUT2D eigenvalue weighted by molar-refractivity contribution is -0.115. The van der Waals surface area contributed by atoms with Gasteiger partial charge < -0.3 is 14.5 Å². The van der Waals surface area contributed by atoms with Crippen LogP contribution in [0.15, 0.2) is 52.1 Å². The van der Waals surface area contributed by atoms with Crippen LogP contribution in [-0.4, -0.2) is 28.5 Å². The van der Waals surface area contributed by atoms with Gasteiger partial charge >= 0.3 is 0 Å². The predicted octanol–water partition coefficient (Wildman–Crippen LogP) is 4.31. The largest absolute Gasteiger partial charge is 0.495 e. The zero-order valence-corrected chi connectivity index (χ0v) is 15.8. The summed E-state index contributed by atoms with van der Waals surface area (Å²) in [5.74, 6) is -0.0427. The molecular formula is C19H18FN3O3S. The third kappa shape index (κ3) is 4.46. The molecule has 0 aliphatic heterocycles. The Morgan fingerprint density at radius 1 is 1.26 bits per heavy atom. The van der Waals surface area contributed by atoms with Gasteiger partial charge in [0.15, 0.2) is 0 Å². The minimum Gasteiger partial charge on any atom is -0.495 e. The number of benzene rings is 2. The molecule has 140 valence electrons. The summed E-state index contributed by atoms with van der Waals surface area (Å²) in [6, 6.07) is 11.7. The van der Waals surface area contributed by atoms with Gasteiger partial charge in [-0.25, -0.2) is 4.39 Å². The van der Waals surface area contributed by atoms with E-state index in [2.05, 4.69) is 15.5 Å². The maximum Gasteiger partial charge on any atom is 0.277 e. The Hall–Kier alpha value is -2.87. The van der Waals surface area contributed by atoms with Crippen molar-refractivity contribution < 1.29 is 18.3 Å². The van der Waals surface area contributed by atoms with Crippen molar-refractivity contribution in [1.29, 1.82) is 0 Å². The number of methoxy groups -OCH3 is 1. The van der Waals surface area contributed by atoms with Crippen LogP contribution < -0.4 is 10.1 Å². The van der Waals surface area contributed by atoms with E-state index in [9.17, 15) is 9.18 Å². The molecule has 6 nitrogen and oxygen atoms in total. The topological polar surface area (TPSA) is 77.2 Å². The molecule has 0 fully saturated rings. The summed E-state index contributed by atoms with van der Waals surface area (Å²) in [5, 5.41) is 10.3. The number of halogens is 1. The standard InChI is InChI=1S/C19H18FN3O3S/c1-11-8-9-16(25-3)15(10-11)21-17(24)12(2)27-19-23-22-18(26-19)13-6-4-5-7-14(13)20/h4-10,12H,1-3H3,(H,21,24)/t12-/m0/s1.